The molecule has 0 radical (unpaired) electrons. The van der Waals surface area contributed by atoms with Gasteiger partial charge >= 0.3 is 12.0 Å². The molecular weight excluding hydrogens is 250 g/mol. The summed E-state index contributed by atoms with van der Waals surface area (Å²) in [5.74, 6) is 0.911. The van der Waals surface area contributed by atoms with Crippen molar-refractivity contribution < 1.29 is 14.3 Å². The molecule has 0 saturated carbocycles. The Morgan fingerprint density at radius 3 is 2.47 bits per heavy atom. The standard InChI is InChI=1S/C11H13N5O3/c1-18-8-5-3-7(4-6-8)12-10(17)13-9-14-11(19-2)16-15-9/h3-6H,1-2H3,(H3,12,13,14,15,16,17). The molecular formula is C11H13N5O3. The first-order valence-electron chi connectivity index (χ1n) is 5.39. The van der Waals surface area contributed by atoms with E-state index in [9.17, 15) is 4.79 Å². The minimum Gasteiger partial charge on any atom is -0.497 e. The van der Waals surface area contributed by atoms with Gasteiger partial charge in [0.1, 0.15) is 5.75 Å². The predicted molar refractivity (Wildman–Crippen MR) is 68.6 cm³/mol. The number of ether oxygens (including phenoxy) is 2. The largest absolute Gasteiger partial charge is 0.497 e. The van der Waals surface area contributed by atoms with E-state index in [-0.39, 0.29) is 12.0 Å². The molecule has 100 valence electrons. The number of amides is 2. The molecule has 2 rings (SSSR count). The number of rotatable bonds is 4. The summed E-state index contributed by atoms with van der Waals surface area (Å²) in [6.45, 7) is 0. The summed E-state index contributed by atoms with van der Waals surface area (Å²) < 4.78 is 9.80. The first-order valence-corrected chi connectivity index (χ1v) is 5.39. The number of aromatic amines is 1. The van der Waals surface area contributed by atoms with Gasteiger partial charge in [-0.25, -0.2) is 9.89 Å². The van der Waals surface area contributed by atoms with Crippen LogP contribution in [-0.2, 0) is 0 Å². The Bertz CT molecular complexity index is 552. The highest BCUT2D eigenvalue weighted by Crippen LogP contribution is 2.15. The number of carbonyl (C=O) groups is 1. The van der Waals surface area contributed by atoms with Gasteiger partial charge in [-0.05, 0) is 24.3 Å². The summed E-state index contributed by atoms with van der Waals surface area (Å²) >= 11 is 0. The Morgan fingerprint density at radius 1 is 1.16 bits per heavy atom. The molecule has 1 aromatic heterocycles. The predicted octanol–water partition coefficient (Wildman–Crippen LogP) is 1.47. The van der Waals surface area contributed by atoms with Gasteiger partial charge in [0.25, 0.3) is 0 Å². The van der Waals surface area contributed by atoms with Crippen molar-refractivity contribution in [3.05, 3.63) is 24.3 Å². The van der Waals surface area contributed by atoms with Crippen LogP contribution >= 0.6 is 0 Å². The average Bonchev–Trinajstić information content (AvgIpc) is 2.87. The molecule has 0 atom stereocenters. The van der Waals surface area contributed by atoms with E-state index in [1.54, 1.807) is 31.4 Å². The quantitative estimate of drug-likeness (QED) is 0.775. The normalized spacial score (nSPS) is 9.79. The molecule has 8 heteroatoms. The zero-order valence-corrected chi connectivity index (χ0v) is 10.4. The van der Waals surface area contributed by atoms with E-state index in [0.717, 1.165) is 0 Å². The Morgan fingerprint density at radius 2 is 1.89 bits per heavy atom. The zero-order chi connectivity index (χ0) is 13.7. The molecule has 0 unspecified atom stereocenters. The second kappa shape index (κ2) is 5.71. The van der Waals surface area contributed by atoms with Crippen LogP contribution in [0, 0.1) is 0 Å². The fourth-order valence-electron chi connectivity index (χ4n) is 1.34. The number of H-pyrrole nitrogens is 1. The fourth-order valence-corrected chi connectivity index (χ4v) is 1.34. The van der Waals surface area contributed by atoms with E-state index in [4.69, 9.17) is 9.47 Å². The SMILES string of the molecule is COc1ccc(NC(=O)Nc2nc(OC)n[nH]2)cc1. The summed E-state index contributed by atoms with van der Waals surface area (Å²) in [5.41, 5.74) is 0.629. The zero-order valence-electron chi connectivity index (χ0n) is 10.4. The van der Waals surface area contributed by atoms with Crippen LogP contribution in [0.3, 0.4) is 0 Å². The van der Waals surface area contributed by atoms with Gasteiger partial charge in [0.15, 0.2) is 0 Å². The van der Waals surface area contributed by atoms with Gasteiger partial charge < -0.3 is 14.8 Å². The van der Waals surface area contributed by atoms with Gasteiger partial charge in [0.2, 0.25) is 5.95 Å². The summed E-state index contributed by atoms with van der Waals surface area (Å²) in [5, 5.41) is 11.3. The maximum Gasteiger partial charge on any atom is 0.336 e. The number of urea groups is 1. The van der Waals surface area contributed by atoms with Crippen molar-refractivity contribution in [1.82, 2.24) is 15.2 Å². The average molecular weight is 263 g/mol. The van der Waals surface area contributed by atoms with Crippen molar-refractivity contribution in [1.29, 1.82) is 0 Å². The Labute approximate surface area is 109 Å². The molecule has 0 aliphatic rings. The first kappa shape index (κ1) is 12.7. The van der Waals surface area contributed by atoms with Crippen molar-refractivity contribution in [3.8, 4) is 11.8 Å². The van der Waals surface area contributed by atoms with E-state index < -0.39 is 6.03 Å². The lowest BCUT2D eigenvalue weighted by atomic mass is 10.3. The van der Waals surface area contributed by atoms with Gasteiger partial charge in [0.05, 0.1) is 14.2 Å². The van der Waals surface area contributed by atoms with Crippen LogP contribution in [0.5, 0.6) is 11.8 Å². The van der Waals surface area contributed by atoms with E-state index in [2.05, 4.69) is 25.8 Å². The molecule has 1 heterocycles. The van der Waals surface area contributed by atoms with Crippen LogP contribution in [0.4, 0.5) is 16.4 Å². The Balaban J connectivity index is 1.93. The molecule has 8 nitrogen and oxygen atoms in total. The minimum atomic E-state index is -0.441. The van der Waals surface area contributed by atoms with Crippen LogP contribution in [0.25, 0.3) is 0 Å². The van der Waals surface area contributed by atoms with Gasteiger partial charge in [-0.15, -0.1) is 5.10 Å². The third kappa shape index (κ3) is 3.35. The fraction of sp³-hybridized carbons (Fsp3) is 0.182. The summed E-state index contributed by atoms with van der Waals surface area (Å²) in [6.07, 6.45) is 0. The van der Waals surface area contributed by atoms with Crippen LogP contribution in [0.2, 0.25) is 0 Å². The highest BCUT2D eigenvalue weighted by molar-refractivity contribution is 5.98. The number of anilines is 2. The summed E-state index contributed by atoms with van der Waals surface area (Å²) in [7, 11) is 3.01. The Hall–Kier alpha value is -2.77. The summed E-state index contributed by atoms with van der Waals surface area (Å²) in [6, 6.07) is 6.64. The monoisotopic (exact) mass is 263 g/mol. The van der Waals surface area contributed by atoms with E-state index in [1.165, 1.54) is 7.11 Å². The van der Waals surface area contributed by atoms with E-state index >= 15 is 0 Å². The number of methoxy groups -OCH3 is 2. The minimum absolute atomic E-state index is 0.153. The molecule has 0 saturated heterocycles. The number of carbonyl (C=O) groups excluding carboxylic acids is 1. The van der Waals surface area contributed by atoms with Crippen LogP contribution in [0.15, 0.2) is 24.3 Å². The molecule has 0 fully saturated rings. The van der Waals surface area contributed by atoms with Crippen molar-refractivity contribution >= 4 is 17.7 Å². The number of hydrogen-bond donors (Lipinski definition) is 3. The number of hydrogen-bond acceptors (Lipinski definition) is 5. The smallest absolute Gasteiger partial charge is 0.336 e. The van der Waals surface area contributed by atoms with Gasteiger partial charge in [0, 0.05) is 5.69 Å². The van der Waals surface area contributed by atoms with Gasteiger partial charge in [-0.2, -0.15) is 4.98 Å². The van der Waals surface area contributed by atoms with Crippen LogP contribution in [0.1, 0.15) is 0 Å². The van der Waals surface area contributed by atoms with Crippen molar-refractivity contribution in [2.24, 2.45) is 0 Å². The van der Waals surface area contributed by atoms with Gasteiger partial charge in [-0.1, -0.05) is 0 Å². The second-order valence-corrected chi connectivity index (χ2v) is 3.48. The molecule has 0 aliphatic carbocycles. The van der Waals surface area contributed by atoms with Crippen LogP contribution < -0.4 is 20.1 Å². The highest BCUT2D eigenvalue weighted by Gasteiger charge is 2.07. The van der Waals surface area contributed by atoms with Gasteiger partial charge in [-0.3, -0.25) is 5.32 Å². The lowest BCUT2D eigenvalue weighted by Gasteiger charge is -2.05. The maximum atomic E-state index is 11.7. The molecule has 0 bridgehead atoms. The van der Waals surface area contributed by atoms with E-state index in [0.29, 0.717) is 11.4 Å². The number of nitrogens with one attached hydrogen (secondary N) is 3. The highest BCUT2D eigenvalue weighted by atomic mass is 16.5. The third-order valence-corrected chi connectivity index (χ3v) is 2.23. The molecule has 3 N–H and O–H groups in total. The number of aromatic nitrogens is 3. The lowest BCUT2D eigenvalue weighted by Crippen LogP contribution is -2.20. The molecule has 2 amide bonds. The number of nitrogens with zero attached hydrogens (tertiary/aromatic N) is 2. The lowest BCUT2D eigenvalue weighted by molar-refractivity contribution is 0.262. The first-order chi connectivity index (χ1) is 9.21. The molecule has 19 heavy (non-hydrogen) atoms. The second-order valence-electron chi connectivity index (χ2n) is 3.48. The molecule has 0 spiro atoms. The van der Waals surface area contributed by atoms with Crippen molar-refractivity contribution in [2.75, 3.05) is 24.9 Å². The number of benzene rings is 1. The third-order valence-electron chi connectivity index (χ3n) is 2.23. The van der Waals surface area contributed by atoms with Crippen LogP contribution in [-0.4, -0.2) is 35.4 Å². The summed E-state index contributed by atoms with van der Waals surface area (Å²) in [4.78, 5) is 15.5. The van der Waals surface area contributed by atoms with E-state index in [1.807, 2.05) is 0 Å². The van der Waals surface area contributed by atoms with Crippen molar-refractivity contribution in [2.45, 2.75) is 0 Å². The molecule has 2 aromatic rings. The molecule has 1 aromatic carbocycles. The molecule has 0 aliphatic heterocycles. The van der Waals surface area contributed by atoms with Crippen molar-refractivity contribution in [3.63, 3.8) is 0 Å². The Kier molecular flexibility index (Phi) is 3.81. The maximum absolute atomic E-state index is 11.7. The topological polar surface area (TPSA) is 101 Å².